The summed E-state index contributed by atoms with van der Waals surface area (Å²) in [5.74, 6) is 0.0962. The van der Waals surface area contributed by atoms with Crippen LogP contribution in [-0.2, 0) is 0 Å². The molecule has 0 fully saturated rings. The van der Waals surface area contributed by atoms with Crippen molar-refractivity contribution in [3.8, 4) is 11.5 Å². The molecule has 0 saturated heterocycles. The number of aromatic nitrogens is 1. The molecule has 0 saturated carbocycles. The zero-order valence-electron chi connectivity index (χ0n) is 12.8. The van der Waals surface area contributed by atoms with Gasteiger partial charge in [0, 0.05) is 21.8 Å². The van der Waals surface area contributed by atoms with Crippen LogP contribution in [0.3, 0.4) is 0 Å². The molecule has 1 aromatic carbocycles. The number of halogens is 1. The average Bonchev–Trinajstić information content (AvgIpc) is 2.99. The Morgan fingerprint density at radius 3 is 2.09 bits per heavy atom. The normalized spacial score (nSPS) is 10.1. The number of hydrogen-bond acceptors (Lipinski definition) is 4. The minimum absolute atomic E-state index is 0.303. The summed E-state index contributed by atoms with van der Waals surface area (Å²) in [4.78, 5) is 26.8. The van der Waals surface area contributed by atoms with E-state index in [-0.39, 0.29) is 0 Å². The quantitative estimate of drug-likeness (QED) is 0.707. The molecule has 3 N–H and O–H groups in total. The van der Waals surface area contributed by atoms with Crippen LogP contribution in [0.5, 0.6) is 11.5 Å². The molecule has 2 amide bonds. The molecule has 1 heterocycles. The lowest BCUT2D eigenvalue weighted by Crippen LogP contribution is -2.41. The van der Waals surface area contributed by atoms with Crippen LogP contribution in [0.4, 0.5) is 0 Å². The number of ether oxygens (including phenoxy) is 2. The number of aromatic amines is 1. The van der Waals surface area contributed by atoms with Crippen molar-refractivity contribution in [3.05, 3.63) is 45.7 Å². The molecule has 0 aliphatic carbocycles. The lowest BCUT2D eigenvalue weighted by atomic mass is 10.1. The first kappa shape index (κ1) is 16.9. The number of benzene rings is 1. The second kappa shape index (κ2) is 7.19. The highest BCUT2D eigenvalue weighted by molar-refractivity contribution is 9.10. The summed E-state index contributed by atoms with van der Waals surface area (Å²) in [6.07, 6.45) is 1.62. The van der Waals surface area contributed by atoms with Gasteiger partial charge in [-0.25, -0.2) is 0 Å². The first-order chi connectivity index (χ1) is 11.0. The fraction of sp³-hybridized carbons (Fsp3) is 0.200. The molecule has 2 rings (SSSR count). The minimum atomic E-state index is -0.486. The summed E-state index contributed by atoms with van der Waals surface area (Å²) in [6.45, 7) is 1.82. The van der Waals surface area contributed by atoms with Gasteiger partial charge in [-0.3, -0.25) is 20.4 Å². The minimum Gasteiger partial charge on any atom is -0.496 e. The van der Waals surface area contributed by atoms with Gasteiger partial charge >= 0.3 is 0 Å². The van der Waals surface area contributed by atoms with E-state index < -0.39 is 11.8 Å². The Hall–Kier alpha value is -2.48. The third-order valence-corrected chi connectivity index (χ3v) is 3.65. The molecule has 2 aromatic rings. The van der Waals surface area contributed by atoms with E-state index in [0.29, 0.717) is 22.8 Å². The summed E-state index contributed by atoms with van der Waals surface area (Å²) in [5, 5.41) is 0. The van der Waals surface area contributed by atoms with E-state index >= 15 is 0 Å². The summed E-state index contributed by atoms with van der Waals surface area (Å²) in [7, 11) is 3.02. The Kier molecular flexibility index (Phi) is 5.28. The van der Waals surface area contributed by atoms with Gasteiger partial charge in [-0.05, 0) is 41.1 Å². The van der Waals surface area contributed by atoms with Crippen molar-refractivity contribution >= 4 is 27.7 Å². The van der Waals surface area contributed by atoms with Gasteiger partial charge in [-0.2, -0.15) is 0 Å². The van der Waals surface area contributed by atoms with Crippen molar-refractivity contribution in [1.82, 2.24) is 15.8 Å². The van der Waals surface area contributed by atoms with Crippen LogP contribution in [0, 0.1) is 6.92 Å². The molecule has 8 heteroatoms. The Balaban J connectivity index is 2.10. The van der Waals surface area contributed by atoms with Gasteiger partial charge in [0.2, 0.25) is 0 Å². The maximum absolute atomic E-state index is 12.2. The molecule has 0 bridgehead atoms. The largest absolute Gasteiger partial charge is 0.496 e. The number of carbonyl (C=O) groups is 2. The van der Waals surface area contributed by atoms with Gasteiger partial charge in [0.25, 0.3) is 11.8 Å². The SMILES string of the molecule is COc1cc(C(=O)NNC(=O)c2cc(Br)c[nH]2)cc(OC)c1C. The summed E-state index contributed by atoms with van der Waals surface area (Å²) in [6, 6.07) is 4.74. The molecule has 0 atom stereocenters. The number of nitrogens with one attached hydrogen (secondary N) is 3. The molecular weight excluding hydrogens is 366 g/mol. The van der Waals surface area contributed by atoms with Crippen molar-refractivity contribution in [2.24, 2.45) is 0 Å². The molecule has 0 unspecified atom stereocenters. The Morgan fingerprint density at radius 2 is 1.61 bits per heavy atom. The summed E-state index contributed by atoms with van der Waals surface area (Å²) >= 11 is 3.23. The standard InChI is InChI=1S/C15H16BrN3O4/c1-8-12(22-2)4-9(5-13(8)23-3)14(20)18-19-15(21)11-6-10(16)7-17-11/h4-7,17H,1-3H3,(H,18,20)(H,19,21). The van der Waals surface area contributed by atoms with Crippen molar-refractivity contribution in [1.29, 1.82) is 0 Å². The highest BCUT2D eigenvalue weighted by Gasteiger charge is 2.15. The van der Waals surface area contributed by atoms with Gasteiger partial charge in [0.05, 0.1) is 14.2 Å². The van der Waals surface area contributed by atoms with Crippen LogP contribution in [0.2, 0.25) is 0 Å². The van der Waals surface area contributed by atoms with Crippen LogP contribution in [0.1, 0.15) is 26.4 Å². The Bertz CT molecular complexity index is 717. The van der Waals surface area contributed by atoms with Crippen LogP contribution < -0.4 is 20.3 Å². The van der Waals surface area contributed by atoms with Gasteiger partial charge in [-0.1, -0.05) is 0 Å². The van der Waals surface area contributed by atoms with E-state index in [1.54, 1.807) is 24.4 Å². The van der Waals surface area contributed by atoms with E-state index in [9.17, 15) is 9.59 Å². The van der Waals surface area contributed by atoms with Crippen LogP contribution in [0.15, 0.2) is 28.9 Å². The van der Waals surface area contributed by atoms with E-state index in [1.165, 1.54) is 14.2 Å². The van der Waals surface area contributed by atoms with Gasteiger partial charge in [0.15, 0.2) is 0 Å². The third-order valence-electron chi connectivity index (χ3n) is 3.20. The van der Waals surface area contributed by atoms with Gasteiger partial charge in [-0.15, -0.1) is 0 Å². The number of methoxy groups -OCH3 is 2. The molecule has 0 spiro atoms. The van der Waals surface area contributed by atoms with Crippen molar-refractivity contribution in [3.63, 3.8) is 0 Å². The van der Waals surface area contributed by atoms with E-state index in [4.69, 9.17) is 9.47 Å². The number of hydrogen-bond donors (Lipinski definition) is 3. The zero-order valence-corrected chi connectivity index (χ0v) is 14.4. The number of H-pyrrole nitrogens is 1. The van der Waals surface area contributed by atoms with Gasteiger partial charge in [0.1, 0.15) is 17.2 Å². The first-order valence-corrected chi connectivity index (χ1v) is 7.42. The zero-order chi connectivity index (χ0) is 17.0. The number of rotatable bonds is 4. The van der Waals surface area contributed by atoms with Crippen LogP contribution >= 0.6 is 15.9 Å². The maximum atomic E-state index is 12.2. The Morgan fingerprint density at radius 1 is 1.04 bits per heavy atom. The van der Waals surface area contributed by atoms with Gasteiger partial charge < -0.3 is 14.5 Å². The average molecular weight is 382 g/mol. The van der Waals surface area contributed by atoms with Crippen LogP contribution in [0.25, 0.3) is 0 Å². The lowest BCUT2D eigenvalue weighted by molar-refractivity contribution is 0.0844. The second-order valence-corrected chi connectivity index (χ2v) is 5.56. The Labute approximate surface area is 141 Å². The van der Waals surface area contributed by atoms with E-state index in [1.807, 2.05) is 6.92 Å². The molecular formula is C15H16BrN3O4. The predicted octanol–water partition coefficient (Wildman–Crippen LogP) is 2.18. The number of hydrazine groups is 1. The second-order valence-electron chi connectivity index (χ2n) is 4.65. The topological polar surface area (TPSA) is 92.5 Å². The maximum Gasteiger partial charge on any atom is 0.286 e. The van der Waals surface area contributed by atoms with Crippen molar-refractivity contribution in [2.45, 2.75) is 6.92 Å². The number of carbonyl (C=O) groups excluding carboxylic acids is 2. The monoisotopic (exact) mass is 381 g/mol. The molecule has 0 aliphatic heterocycles. The smallest absolute Gasteiger partial charge is 0.286 e. The molecule has 1 aromatic heterocycles. The fourth-order valence-corrected chi connectivity index (χ4v) is 2.31. The molecule has 23 heavy (non-hydrogen) atoms. The van der Waals surface area contributed by atoms with E-state index in [0.717, 1.165) is 10.0 Å². The fourth-order valence-electron chi connectivity index (χ4n) is 1.97. The lowest BCUT2D eigenvalue weighted by Gasteiger charge is -2.13. The molecule has 122 valence electrons. The van der Waals surface area contributed by atoms with Crippen molar-refractivity contribution < 1.29 is 19.1 Å². The van der Waals surface area contributed by atoms with Crippen molar-refractivity contribution in [2.75, 3.05) is 14.2 Å². The highest BCUT2D eigenvalue weighted by Crippen LogP contribution is 2.29. The highest BCUT2D eigenvalue weighted by atomic mass is 79.9. The van der Waals surface area contributed by atoms with Crippen LogP contribution in [-0.4, -0.2) is 31.0 Å². The van der Waals surface area contributed by atoms with E-state index in [2.05, 4.69) is 31.8 Å². The molecule has 7 nitrogen and oxygen atoms in total. The molecule has 0 radical (unpaired) electrons. The first-order valence-electron chi connectivity index (χ1n) is 6.63. The number of amides is 2. The predicted molar refractivity (Wildman–Crippen MR) is 87.7 cm³/mol. The summed E-state index contributed by atoms with van der Waals surface area (Å²) < 4.78 is 11.2. The third kappa shape index (κ3) is 3.84. The summed E-state index contributed by atoms with van der Waals surface area (Å²) in [5.41, 5.74) is 6.07. The molecule has 0 aliphatic rings.